The van der Waals surface area contributed by atoms with E-state index in [0.29, 0.717) is 17.9 Å². The number of hydrogen-bond acceptors (Lipinski definition) is 4. The molecule has 2 atom stereocenters. The Hall–Kier alpha value is -1.11. The minimum Gasteiger partial charge on any atom is -0.497 e. The Labute approximate surface area is 139 Å². The van der Waals surface area contributed by atoms with Gasteiger partial charge in [0.05, 0.1) is 18.9 Å². The van der Waals surface area contributed by atoms with Crippen molar-refractivity contribution in [1.29, 1.82) is 0 Å². The molecule has 0 aliphatic carbocycles. The van der Waals surface area contributed by atoms with Gasteiger partial charge in [0.15, 0.2) is 0 Å². The first kappa shape index (κ1) is 14.8. The van der Waals surface area contributed by atoms with Gasteiger partial charge in [0, 0.05) is 27.1 Å². The fourth-order valence-electron chi connectivity index (χ4n) is 2.38. The van der Waals surface area contributed by atoms with Crippen LogP contribution in [0.5, 0.6) is 11.5 Å². The summed E-state index contributed by atoms with van der Waals surface area (Å²) in [5, 5.41) is 10.4. The fourth-order valence-corrected chi connectivity index (χ4v) is 3.62. The maximum Gasteiger partial charge on any atom is 0.144 e. The molecule has 4 nitrogen and oxygen atoms in total. The summed E-state index contributed by atoms with van der Waals surface area (Å²) >= 11 is 6.87. The molecule has 1 N–H and O–H groups in total. The minimum absolute atomic E-state index is 0.289. The summed E-state index contributed by atoms with van der Waals surface area (Å²) in [6.07, 6.45) is 1.28. The predicted octanol–water partition coefficient (Wildman–Crippen LogP) is 4.17. The van der Waals surface area contributed by atoms with Crippen LogP contribution in [0.15, 0.2) is 39.4 Å². The number of methoxy groups -OCH3 is 1. The van der Waals surface area contributed by atoms with Crippen molar-refractivity contribution in [3.05, 3.63) is 50.7 Å². The van der Waals surface area contributed by atoms with Crippen LogP contribution in [0, 0.1) is 0 Å². The smallest absolute Gasteiger partial charge is 0.144 e. The molecule has 1 aliphatic heterocycles. The second-order valence-electron chi connectivity index (χ2n) is 4.78. The minimum atomic E-state index is -0.605. The van der Waals surface area contributed by atoms with Gasteiger partial charge >= 0.3 is 0 Å². The average molecular weight is 415 g/mol. The first-order valence-electron chi connectivity index (χ1n) is 6.42. The Bertz CT molecular complexity index is 678. The van der Waals surface area contributed by atoms with Crippen molar-refractivity contribution in [2.45, 2.75) is 18.6 Å². The molecular weight excluding hydrogens is 402 g/mol. The van der Waals surface area contributed by atoms with Gasteiger partial charge in [-0.25, -0.2) is 0 Å². The van der Waals surface area contributed by atoms with Gasteiger partial charge in [0.2, 0.25) is 0 Å². The lowest BCUT2D eigenvalue weighted by atomic mass is 9.97. The van der Waals surface area contributed by atoms with Gasteiger partial charge in [0.1, 0.15) is 17.6 Å². The number of pyridine rings is 1. The Morgan fingerprint density at radius 1 is 1.33 bits per heavy atom. The second kappa shape index (κ2) is 5.94. The number of aliphatic hydroxyl groups excluding tert-OH is 1. The van der Waals surface area contributed by atoms with E-state index in [1.165, 1.54) is 0 Å². The van der Waals surface area contributed by atoms with Crippen molar-refractivity contribution < 1.29 is 14.6 Å². The first-order valence-corrected chi connectivity index (χ1v) is 8.00. The highest BCUT2D eigenvalue weighted by Gasteiger charge is 2.30. The topological polar surface area (TPSA) is 51.6 Å². The number of aromatic nitrogens is 1. The lowest BCUT2D eigenvalue weighted by Gasteiger charge is -2.30. The summed E-state index contributed by atoms with van der Waals surface area (Å²) in [6.45, 7) is 0. The molecule has 6 heteroatoms. The predicted molar refractivity (Wildman–Crippen MR) is 85.6 cm³/mol. The largest absolute Gasteiger partial charge is 0.497 e. The zero-order valence-electron chi connectivity index (χ0n) is 11.2. The third kappa shape index (κ3) is 2.93. The first-order chi connectivity index (χ1) is 10.1. The molecule has 1 aliphatic rings. The van der Waals surface area contributed by atoms with Crippen LogP contribution < -0.4 is 9.47 Å². The molecule has 1 unspecified atom stereocenters. The van der Waals surface area contributed by atoms with E-state index >= 15 is 0 Å². The highest BCUT2D eigenvalue weighted by atomic mass is 79.9. The number of nitrogens with zero attached hydrogens (tertiary/aromatic N) is 1. The Kier molecular flexibility index (Phi) is 4.19. The maximum atomic E-state index is 10.4. The van der Waals surface area contributed by atoms with Crippen LogP contribution in [0.1, 0.15) is 29.9 Å². The van der Waals surface area contributed by atoms with Crippen molar-refractivity contribution in [1.82, 2.24) is 4.98 Å². The van der Waals surface area contributed by atoms with Gasteiger partial charge in [-0.1, -0.05) is 0 Å². The molecular formula is C15H13Br2NO3. The monoisotopic (exact) mass is 413 g/mol. The van der Waals surface area contributed by atoms with Crippen molar-refractivity contribution in [2.75, 3.05) is 7.11 Å². The Morgan fingerprint density at radius 3 is 2.86 bits per heavy atom. The summed E-state index contributed by atoms with van der Waals surface area (Å²) in [6, 6.07) is 7.36. The zero-order chi connectivity index (χ0) is 15.0. The summed E-state index contributed by atoms with van der Waals surface area (Å²) in [7, 11) is 1.60. The van der Waals surface area contributed by atoms with E-state index in [2.05, 4.69) is 36.8 Å². The Balaban J connectivity index is 1.94. The summed E-state index contributed by atoms with van der Waals surface area (Å²) in [4.78, 5) is 4.39. The summed E-state index contributed by atoms with van der Waals surface area (Å²) < 4.78 is 12.9. The molecule has 0 saturated carbocycles. The van der Waals surface area contributed by atoms with Crippen LogP contribution in [-0.2, 0) is 0 Å². The van der Waals surface area contributed by atoms with Gasteiger partial charge in [0.25, 0.3) is 0 Å². The van der Waals surface area contributed by atoms with Crippen LogP contribution in [0.25, 0.3) is 0 Å². The average Bonchev–Trinajstić information content (AvgIpc) is 2.47. The number of hydrogen-bond donors (Lipinski definition) is 1. The summed E-state index contributed by atoms with van der Waals surface area (Å²) in [5.74, 6) is 1.37. The molecule has 0 saturated heterocycles. The number of aliphatic hydroxyl groups is 1. The molecule has 2 heterocycles. The number of rotatable bonds is 2. The lowest BCUT2D eigenvalue weighted by molar-refractivity contribution is 0.0630. The number of ether oxygens (including phenoxy) is 2. The molecule has 21 heavy (non-hydrogen) atoms. The van der Waals surface area contributed by atoms with Crippen molar-refractivity contribution in [2.24, 2.45) is 0 Å². The number of benzene rings is 1. The standard InChI is InChI=1S/C15H13Br2NO3/c1-20-9-2-3-13-10(5-9)12(19)6-14(21-13)15-11(17)4-8(16)7-18-15/h2-5,7,12,14,19H,6H2,1H3/t12-,14?/m1/s1. The van der Waals surface area contributed by atoms with E-state index < -0.39 is 6.10 Å². The maximum absolute atomic E-state index is 10.4. The SMILES string of the molecule is COc1ccc2c(c1)[C@H](O)CC(c1ncc(Br)cc1Br)O2. The van der Waals surface area contributed by atoms with Crippen molar-refractivity contribution in [3.63, 3.8) is 0 Å². The van der Waals surface area contributed by atoms with Crippen LogP contribution in [-0.4, -0.2) is 17.2 Å². The van der Waals surface area contributed by atoms with Crippen LogP contribution >= 0.6 is 31.9 Å². The highest BCUT2D eigenvalue weighted by Crippen LogP contribution is 2.43. The van der Waals surface area contributed by atoms with Crippen molar-refractivity contribution in [3.8, 4) is 11.5 Å². The third-order valence-electron chi connectivity index (χ3n) is 3.42. The van der Waals surface area contributed by atoms with E-state index in [9.17, 15) is 5.11 Å². The molecule has 2 aromatic rings. The molecule has 110 valence electrons. The molecule has 0 amide bonds. The van der Waals surface area contributed by atoms with Crippen molar-refractivity contribution >= 4 is 31.9 Å². The zero-order valence-corrected chi connectivity index (χ0v) is 14.4. The van der Waals surface area contributed by atoms with Crippen LogP contribution in [0.4, 0.5) is 0 Å². The third-order valence-corrected chi connectivity index (χ3v) is 4.49. The van der Waals surface area contributed by atoms with E-state index in [-0.39, 0.29) is 6.10 Å². The van der Waals surface area contributed by atoms with E-state index in [1.54, 1.807) is 19.4 Å². The quantitative estimate of drug-likeness (QED) is 0.801. The van der Waals surface area contributed by atoms with Crippen LogP contribution in [0.3, 0.4) is 0 Å². The second-order valence-corrected chi connectivity index (χ2v) is 6.55. The highest BCUT2D eigenvalue weighted by molar-refractivity contribution is 9.11. The molecule has 0 radical (unpaired) electrons. The van der Waals surface area contributed by atoms with Gasteiger partial charge in [-0.3, -0.25) is 4.98 Å². The van der Waals surface area contributed by atoms with Crippen LogP contribution in [0.2, 0.25) is 0 Å². The molecule has 1 aromatic carbocycles. The normalized spacial score (nSPS) is 20.6. The van der Waals surface area contributed by atoms with E-state index in [0.717, 1.165) is 20.2 Å². The Morgan fingerprint density at radius 2 is 2.14 bits per heavy atom. The van der Waals surface area contributed by atoms with Gasteiger partial charge in [-0.15, -0.1) is 0 Å². The number of halogens is 2. The van der Waals surface area contributed by atoms with Gasteiger partial charge in [-0.05, 0) is 56.1 Å². The van der Waals surface area contributed by atoms with E-state index in [1.807, 2.05) is 18.2 Å². The molecule has 3 rings (SSSR count). The lowest BCUT2D eigenvalue weighted by Crippen LogP contribution is -2.20. The van der Waals surface area contributed by atoms with E-state index in [4.69, 9.17) is 9.47 Å². The molecule has 0 bridgehead atoms. The molecule has 1 aromatic heterocycles. The summed E-state index contributed by atoms with van der Waals surface area (Å²) in [5.41, 5.74) is 1.53. The van der Waals surface area contributed by atoms with Gasteiger partial charge in [-0.2, -0.15) is 0 Å². The fraction of sp³-hybridized carbons (Fsp3) is 0.267. The number of fused-ring (bicyclic) bond motifs is 1. The van der Waals surface area contributed by atoms with Gasteiger partial charge < -0.3 is 14.6 Å². The molecule has 0 fully saturated rings. The molecule has 0 spiro atoms.